The van der Waals surface area contributed by atoms with E-state index < -0.39 is 0 Å². The maximum Gasteiger partial charge on any atom is 0.118 e. The molecule has 2 unspecified atom stereocenters. The number of nitrogens with one attached hydrogen (secondary N) is 1. The van der Waals surface area contributed by atoms with Crippen molar-refractivity contribution in [1.29, 1.82) is 0 Å². The average molecular weight is 265 g/mol. The third kappa shape index (κ3) is 6.60. The third-order valence-corrected chi connectivity index (χ3v) is 3.29. The summed E-state index contributed by atoms with van der Waals surface area (Å²) in [5.74, 6) is 1.48. The number of aryl methyl sites for hydroxylation is 1. The van der Waals surface area contributed by atoms with Crippen molar-refractivity contribution < 1.29 is 9.47 Å². The summed E-state index contributed by atoms with van der Waals surface area (Å²) in [5.41, 5.74) is 1.36. The van der Waals surface area contributed by atoms with E-state index in [1.807, 2.05) is 12.1 Å². The summed E-state index contributed by atoms with van der Waals surface area (Å²) >= 11 is 0. The Balaban J connectivity index is 2.23. The summed E-state index contributed by atoms with van der Waals surface area (Å²) in [5, 5.41) is 3.56. The summed E-state index contributed by atoms with van der Waals surface area (Å²) in [4.78, 5) is 0. The largest absolute Gasteiger partial charge is 0.497 e. The normalized spacial score (nSPS) is 14.1. The van der Waals surface area contributed by atoms with Crippen molar-refractivity contribution >= 4 is 0 Å². The quantitative estimate of drug-likeness (QED) is 0.744. The van der Waals surface area contributed by atoms with Gasteiger partial charge in [0.15, 0.2) is 0 Å². The lowest BCUT2D eigenvalue weighted by Gasteiger charge is -2.17. The van der Waals surface area contributed by atoms with Crippen LogP contribution in [0.2, 0.25) is 0 Å². The van der Waals surface area contributed by atoms with Crippen LogP contribution in [-0.2, 0) is 11.2 Å². The SMILES string of the molecule is COCC(C)CNC(C)CCc1ccc(OC)cc1. The predicted molar refractivity (Wildman–Crippen MR) is 79.8 cm³/mol. The molecule has 0 heterocycles. The van der Waals surface area contributed by atoms with E-state index in [4.69, 9.17) is 9.47 Å². The lowest BCUT2D eigenvalue weighted by atomic mass is 10.1. The van der Waals surface area contributed by atoms with Crippen LogP contribution in [-0.4, -0.2) is 33.4 Å². The summed E-state index contributed by atoms with van der Waals surface area (Å²) in [6, 6.07) is 8.85. The highest BCUT2D eigenvalue weighted by atomic mass is 16.5. The first kappa shape index (κ1) is 16.0. The van der Waals surface area contributed by atoms with Crippen LogP contribution in [0.1, 0.15) is 25.8 Å². The van der Waals surface area contributed by atoms with Crippen LogP contribution < -0.4 is 10.1 Å². The Bertz CT molecular complexity index is 337. The van der Waals surface area contributed by atoms with Crippen LogP contribution in [0.4, 0.5) is 0 Å². The minimum Gasteiger partial charge on any atom is -0.497 e. The van der Waals surface area contributed by atoms with Gasteiger partial charge in [-0.05, 0) is 43.4 Å². The van der Waals surface area contributed by atoms with Crippen molar-refractivity contribution in [2.75, 3.05) is 27.4 Å². The minimum atomic E-state index is 0.529. The van der Waals surface area contributed by atoms with Gasteiger partial charge in [0.05, 0.1) is 7.11 Å². The van der Waals surface area contributed by atoms with E-state index in [1.165, 1.54) is 5.56 Å². The molecule has 108 valence electrons. The molecule has 0 aliphatic heterocycles. The fraction of sp³-hybridized carbons (Fsp3) is 0.625. The van der Waals surface area contributed by atoms with Gasteiger partial charge < -0.3 is 14.8 Å². The summed E-state index contributed by atoms with van der Waals surface area (Å²) in [6.07, 6.45) is 2.24. The second-order valence-corrected chi connectivity index (χ2v) is 5.26. The van der Waals surface area contributed by atoms with Gasteiger partial charge in [-0.2, -0.15) is 0 Å². The molecule has 0 aliphatic carbocycles. The maximum absolute atomic E-state index is 5.16. The molecule has 2 atom stereocenters. The standard InChI is InChI=1S/C16H27NO2/c1-13(12-18-3)11-17-14(2)5-6-15-7-9-16(19-4)10-8-15/h7-10,13-14,17H,5-6,11-12H2,1-4H3. The third-order valence-electron chi connectivity index (χ3n) is 3.29. The van der Waals surface area contributed by atoms with E-state index in [9.17, 15) is 0 Å². The van der Waals surface area contributed by atoms with Crippen molar-refractivity contribution in [3.05, 3.63) is 29.8 Å². The Morgan fingerprint density at radius 3 is 2.37 bits per heavy atom. The molecule has 0 saturated heterocycles. The van der Waals surface area contributed by atoms with Gasteiger partial charge in [-0.3, -0.25) is 0 Å². The molecule has 0 amide bonds. The summed E-state index contributed by atoms with van der Waals surface area (Å²) in [7, 11) is 3.45. The fourth-order valence-corrected chi connectivity index (χ4v) is 2.02. The number of hydrogen-bond donors (Lipinski definition) is 1. The highest BCUT2D eigenvalue weighted by molar-refractivity contribution is 5.27. The second kappa shape index (κ2) is 8.94. The molecular formula is C16H27NO2. The van der Waals surface area contributed by atoms with E-state index in [1.54, 1.807) is 14.2 Å². The first-order valence-electron chi connectivity index (χ1n) is 7.01. The van der Waals surface area contributed by atoms with Crippen molar-refractivity contribution in [3.8, 4) is 5.75 Å². The van der Waals surface area contributed by atoms with E-state index in [-0.39, 0.29) is 0 Å². The van der Waals surface area contributed by atoms with Crippen LogP contribution >= 0.6 is 0 Å². The zero-order valence-electron chi connectivity index (χ0n) is 12.6. The molecule has 0 bridgehead atoms. The lowest BCUT2D eigenvalue weighted by Crippen LogP contribution is -2.32. The van der Waals surface area contributed by atoms with Gasteiger partial charge in [0.2, 0.25) is 0 Å². The highest BCUT2D eigenvalue weighted by Crippen LogP contribution is 2.13. The molecule has 3 heteroatoms. The molecule has 1 aromatic carbocycles. The predicted octanol–water partition coefficient (Wildman–Crippen LogP) is 2.89. The van der Waals surface area contributed by atoms with Crippen LogP contribution in [0.3, 0.4) is 0 Å². The van der Waals surface area contributed by atoms with Gasteiger partial charge in [0, 0.05) is 26.3 Å². The van der Waals surface area contributed by atoms with Gasteiger partial charge >= 0.3 is 0 Å². The lowest BCUT2D eigenvalue weighted by molar-refractivity contribution is 0.157. The number of rotatable bonds is 9. The first-order chi connectivity index (χ1) is 9.15. The average Bonchev–Trinajstić information content (AvgIpc) is 2.44. The van der Waals surface area contributed by atoms with Crippen molar-refractivity contribution in [1.82, 2.24) is 5.32 Å². The molecule has 1 rings (SSSR count). The molecule has 0 aliphatic rings. The highest BCUT2D eigenvalue weighted by Gasteiger charge is 2.06. The maximum atomic E-state index is 5.16. The number of ether oxygens (including phenoxy) is 2. The summed E-state index contributed by atoms with van der Waals surface area (Å²) in [6.45, 7) is 6.27. The second-order valence-electron chi connectivity index (χ2n) is 5.26. The molecular weight excluding hydrogens is 238 g/mol. The molecule has 0 saturated carbocycles. The number of methoxy groups -OCH3 is 2. The van der Waals surface area contributed by atoms with Gasteiger partial charge in [0.1, 0.15) is 5.75 Å². The first-order valence-corrected chi connectivity index (χ1v) is 7.01. The van der Waals surface area contributed by atoms with E-state index in [2.05, 4.69) is 31.3 Å². The van der Waals surface area contributed by atoms with Gasteiger partial charge in [-0.15, -0.1) is 0 Å². The zero-order chi connectivity index (χ0) is 14.1. The molecule has 1 N–H and O–H groups in total. The Morgan fingerprint density at radius 2 is 1.79 bits per heavy atom. The van der Waals surface area contributed by atoms with Gasteiger partial charge in [-0.1, -0.05) is 19.1 Å². The molecule has 0 fully saturated rings. The Labute approximate surface area is 117 Å². The Hall–Kier alpha value is -1.06. The Kier molecular flexibility index (Phi) is 7.53. The minimum absolute atomic E-state index is 0.529. The molecule has 0 radical (unpaired) electrons. The molecule has 19 heavy (non-hydrogen) atoms. The summed E-state index contributed by atoms with van der Waals surface area (Å²) < 4.78 is 10.3. The zero-order valence-corrected chi connectivity index (χ0v) is 12.6. The fourth-order valence-electron chi connectivity index (χ4n) is 2.02. The van der Waals surface area contributed by atoms with Crippen molar-refractivity contribution in [2.24, 2.45) is 5.92 Å². The van der Waals surface area contributed by atoms with Crippen LogP contribution in [0.15, 0.2) is 24.3 Å². The van der Waals surface area contributed by atoms with Crippen LogP contribution in [0.25, 0.3) is 0 Å². The van der Waals surface area contributed by atoms with Crippen molar-refractivity contribution in [3.63, 3.8) is 0 Å². The Morgan fingerprint density at radius 1 is 1.11 bits per heavy atom. The molecule has 0 aromatic heterocycles. The van der Waals surface area contributed by atoms with E-state index >= 15 is 0 Å². The molecule has 1 aromatic rings. The van der Waals surface area contributed by atoms with Crippen LogP contribution in [0, 0.1) is 5.92 Å². The van der Waals surface area contributed by atoms with E-state index in [0.717, 1.165) is 31.7 Å². The van der Waals surface area contributed by atoms with Crippen LogP contribution in [0.5, 0.6) is 5.75 Å². The van der Waals surface area contributed by atoms with Crippen molar-refractivity contribution in [2.45, 2.75) is 32.7 Å². The number of benzene rings is 1. The van der Waals surface area contributed by atoms with Gasteiger partial charge in [-0.25, -0.2) is 0 Å². The molecule has 0 spiro atoms. The van der Waals surface area contributed by atoms with Gasteiger partial charge in [0.25, 0.3) is 0 Å². The number of hydrogen-bond acceptors (Lipinski definition) is 3. The molecule has 3 nitrogen and oxygen atoms in total. The monoisotopic (exact) mass is 265 g/mol. The smallest absolute Gasteiger partial charge is 0.118 e. The topological polar surface area (TPSA) is 30.5 Å². The van der Waals surface area contributed by atoms with E-state index in [0.29, 0.717) is 12.0 Å².